The predicted octanol–water partition coefficient (Wildman–Crippen LogP) is 4.80. The number of carbonyl (C=O) groups is 1. The average Bonchev–Trinajstić information content (AvgIpc) is 3.21. The summed E-state index contributed by atoms with van der Waals surface area (Å²) in [5.41, 5.74) is 3.52. The molecule has 0 saturated heterocycles. The van der Waals surface area contributed by atoms with E-state index in [4.69, 9.17) is 0 Å². The minimum Gasteiger partial charge on any atom is -0.289 e. The summed E-state index contributed by atoms with van der Waals surface area (Å²) in [6.07, 6.45) is 8.36. The van der Waals surface area contributed by atoms with E-state index in [1.807, 2.05) is 53.3 Å². The van der Waals surface area contributed by atoms with Gasteiger partial charge in [0, 0.05) is 47.4 Å². The lowest BCUT2D eigenvalue weighted by molar-refractivity contribution is -0.384. The second-order valence-electron chi connectivity index (χ2n) is 6.86. The minimum atomic E-state index is -0.519. The Kier molecular flexibility index (Phi) is 5.75. The van der Waals surface area contributed by atoms with Crippen LogP contribution in [-0.2, 0) is 6.54 Å². The van der Waals surface area contributed by atoms with E-state index in [-0.39, 0.29) is 17.0 Å². The third-order valence-corrected chi connectivity index (χ3v) is 4.67. The van der Waals surface area contributed by atoms with Crippen LogP contribution < -0.4 is 0 Å². The molecular formula is C24H18N4O3. The number of pyridine rings is 1. The van der Waals surface area contributed by atoms with Gasteiger partial charge in [0.05, 0.1) is 11.5 Å². The Morgan fingerprint density at radius 1 is 1.06 bits per heavy atom. The van der Waals surface area contributed by atoms with Gasteiger partial charge in [0.15, 0.2) is 5.78 Å². The number of non-ortho nitro benzene ring substituents is 1. The quantitative estimate of drug-likeness (QED) is 0.189. The highest BCUT2D eigenvalue weighted by molar-refractivity contribution is 6.07. The fourth-order valence-electron chi connectivity index (χ4n) is 3.17. The van der Waals surface area contributed by atoms with Crippen LogP contribution in [0.5, 0.6) is 0 Å². The number of hydrogen-bond acceptors (Lipinski definition) is 5. The predicted molar refractivity (Wildman–Crippen MR) is 117 cm³/mol. The van der Waals surface area contributed by atoms with Crippen LogP contribution in [0.1, 0.15) is 21.5 Å². The second-order valence-corrected chi connectivity index (χ2v) is 6.86. The molecule has 0 aliphatic heterocycles. The van der Waals surface area contributed by atoms with Crippen molar-refractivity contribution in [3.8, 4) is 11.3 Å². The number of carbonyl (C=O) groups excluding carboxylic acids is 1. The number of benzene rings is 2. The summed E-state index contributed by atoms with van der Waals surface area (Å²) in [6.45, 7) is 0.584. The molecule has 0 spiro atoms. The first kappa shape index (κ1) is 19.9. The zero-order chi connectivity index (χ0) is 21.6. The van der Waals surface area contributed by atoms with E-state index in [0.29, 0.717) is 12.2 Å². The first-order chi connectivity index (χ1) is 15.1. The van der Waals surface area contributed by atoms with Crippen LogP contribution in [0.3, 0.4) is 0 Å². The van der Waals surface area contributed by atoms with E-state index in [2.05, 4.69) is 10.1 Å². The average molecular weight is 410 g/mol. The van der Waals surface area contributed by atoms with E-state index in [1.165, 1.54) is 24.3 Å². The van der Waals surface area contributed by atoms with Crippen LogP contribution in [0.4, 0.5) is 5.69 Å². The molecule has 0 N–H and O–H groups in total. The van der Waals surface area contributed by atoms with E-state index >= 15 is 0 Å². The molecule has 7 heteroatoms. The van der Waals surface area contributed by atoms with Crippen molar-refractivity contribution >= 4 is 17.5 Å². The molecule has 0 amide bonds. The van der Waals surface area contributed by atoms with Crippen LogP contribution in [-0.4, -0.2) is 25.5 Å². The Labute approximate surface area is 178 Å². The van der Waals surface area contributed by atoms with E-state index < -0.39 is 4.92 Å². The number of allylic oxidation sites excluding steroid dienone is 1. The summed E-state index contributed by atoms with van der Waals surface area (Å²) in [6, 6.07) is 19.4. The van der Waals surface area contributed by atoms with Gasteiger partial charge in [-0.1, -0.05) is 42.5 Å². The molecule has 4 aromatic rings. The van der Waals surface area contributed by atoms with Crippen molar-refractivity contribution in [2.75, 3.05) is 0 Å². The topological polar surface area (TPSA) is 90.9 Å². The Morgan fingerprint density at radius 3 is 2.65 bits per heavy atom. The van der Waals surface area contributed by atoms with Gasteiger partial charge in [0.2, 0.25) is 0 Å². The van der Waals surface area contributed by atoms with Gasteiger partial charge >= 0.3 is 0 Å². The molecule has 2 aromatic carbocycles. The molecule has 7 nitrogen and oxygen atoms in total. The fourth-order valence-corrected chi connectivity index (χ4v) is 3.17. The van der Waals surface area contributed by atoms with Gasteiger partial charge in [-0.3, -0.25) is 24.6 Å². The van der Waals surface area contributed by atoms with Crippen LogP contribution in [0.2, 0.25) is 0 Å². The van der Waals surface area contributed by atoms with Crippen molar-refractivity contribution in [2.45, 2.75) is 6.54 Å². The largest absolute Gasteiger partial charge is 0.289 e. The van der Waals surface area contributed by atoms with Crippen molar-refractivity contribution < 1.29 is 9.72 Å². The molecule has 31 heavy (non-hydrogen) atoms. The molecule has 0 bridgehead atoms. The highest BCUT2D eigenvalue weighted by Gasteiger charge is 2.12. The van der Waals surface area contributed by atoms with Gasteiger partial charge in [-0.15, -0.1) is 0 Å². The van der Waals surface area contributed by atoms with Crippen molar-refractivity contribution in [1.29, 1.82) is 0 Å². The summed E-state index contributed by atoms with van der Waals surface area (Å²) in [5, 5.41) is 15.7. The lowest BCUT2D eigenvalue weighted by Gasteiger charge is -2.01. The molecule has 2 heterocycles. The molecule has 0 aliphatic carbocycles. The summed E-state index contributed by atoms with van der Waals surface area (Å²) in [7, 11) is 0. The Bertz CT molecular complexity index is 1250. The number of rotatable bonds is 7. The monoisotopic (exact) mass is 410 g/mol. The maximum absolute atomic E-state index is 12.6. The SMILES string of the molecule is O=C(/C=C/c1cn(Cc2ccccc2)nc1-c1cccnc1)c1cccc([N+](=O)[O-])c1. The molecule has 0 radical (unpaired) electrons. The number of aromatic nitrogens is 3. The van der Waals surface area contributed by atoms with E-state index in [0.717, 1.165) is 16.7 Å². The normalized spacial score (nSPS) is 11.0. The first-order valence-electron chi connectivity index (χ1n) is 9.59. The minimum absolute atomic E-state index is 0.119. The Balaban J connectivity index is 1.65. The van der Waals surface area contributed by atoms with Crippen molar-refractivity contribution in [1.82, 2.24) is 14.8 Å². The van der Waals surface area contributed by atoms with Gasteiger partial charge in [-0.25, -0.2) is 0 Å². The summed E-state index contributed by atoms with van der Waals surface area (Å²) < 4.78 is 1.81. The number of ketones is 1. The van der Waals surface area contributed by atoms with Crippen LogP contribution in [0, 0.1) is 10.1 Å². The number of hydrogen-bond donors (Lipinski definition) is 0. The molecule has 152 valence electrons. The van der Waals surface area contributed by atoms with Crippen LogP contribution in [0.25, 0.3) is 17.3 Å². The molecule has 2 aromatic heterocycles. The summed E-state index contributed by atoms with van der Waals surface area (Å²) in [4.78, 5) is 27.2. The number of nitro benzene ring substituents is 1. The van der Waals surface area contributed by atoms with E-state index in [9.17, 15) is 14.9 Å². The fraction of sp³-hybridized carbons (Fsp3) is 0.0417. The maximum atomic E-state index is 12.6. The van der Waals surface area contributed by atoms with E-state index in [1.54, 1.807) is 24.5 Å². The highest BCUT2D eigenvalue weighted by Crippen LogP contribution is 2.23. The molecular weight excluding hydrogens is 392 g/mol. The summed E-state index contributed by atoms with van der Waals surface area (Å²) in [5.74, 6) is -0.323. The van der Waals surface area contributed by atoms with Gasteiger partial charge < -0.3 is 0 Å². The van der Waals surface area contributed by atoms with Gasteiger partial charge in [0.25, 0.3) is 5.69 Å². The Morgan fingerprint density at radius 2 is 1.90 bits per heavy atom. The molecule has 0 aliphatic rings. The smallest absolute Gasteiger partial charge is 0.270 e. The highest BCUT2D eigenvalue weighted by atomic mass is 16.6. The zero-order valence-electron chi connectivity index (χ0n) is 16.5. The van der Waals surface area contributed by atoms with Crippen LogP contribution >= 0.6 is 0 Å². The third kappa shape index (κ3) is 4.79. The Hall–Kier alpha value is -4.39. The molecule has 0 saturated carbocycles. The van der Waals surface area contributed by atoms with Gasteiger partial charge in [-0.2, -0.15) is 5.10 Å². The summed E-state index contributed by atoms with van der Waals surface area (Å²) >= 11 is 0. The van der Waals surface area contributed by atoms with Gasteiger partial charge in [0.1, 0.15) is 5.69 Å². The standard InChI is InChI=1S/C24H18N4O3/c29-23(19-8-4-10-22(14-19)28(30)31)12-11-21-17-27(16-18-6-2-1-3-7-18)26-24(21)20-9-5-13-25-15-20/h1-15,17H,16H2/b12-11+. The van der Waals surface area contributed by atoms with Crippen LogP contribution in [0.15, 0.2) is 91.4 Å². The number of nitrogens with zero attached hydrogens (tertiary/aromatic N) is 4. The lowest BCUT2D eigenvalue weighted by atomic mass is 10.1. The maximum Gasteiger partial charge on any atom is 0.270 e. The molecule has 0 atom stereocenters. The lowest BCUT2D eigenvalue weighted by Crippen LogP contribution is -2.00. The van der Waals surface area contributed by atoms with Crippen molar-refractivity contribution in [2.24, 2.45) is 0 Å². The second kappa shape index (κ2) is 8.96. The van der Waals surface area contributed by atoms with Crippen molar-refractivity contribution in [3.05, 3.63) is 118 Å². The zero-order valence-corrected chi connectivity index (χ0v) is 16.5. The third-order valence-electron chi connectivity index (χ3n) is 4.67. The molecule has 0 unspecified atom stereocenters. The van der Waals surface area contributed by atoms with Crippen molar-refractivity contribution in [3.63, 3.8) is 0 Å². The number of nitro groups is 1. The molecule has 0 fully saturated rings. The molecule has 4 rings (SSSR count). The first-order valence-corrected chi connectivity index (χ1v) is 9.59. The van der Waals surface area contributed by atoms with Gasteiger partial charge in [-0.05, 0) is 29.8 Å².